The maximum Gasteiger partial charge on any atom is 0.272 e. The number of thioether (sulfide) groups is 1. The fourth-order valence-corrected chi connectivity index (χ4v) is 4.15. The number of halogens is 1. The monoisotopic (exact) mass is 439 g/mol. The third-order valence-corrected chi connectivity index (χ3v) is 5.75. The first kappa shape index (κ1) is 17.8. The first-order chi connectivity index (χ1) is 13.1. The van der Waals surface area contributed by atoms with E-state index in [0.717, 1.165) is 15.8 Å². The standard InChI is InChI=1S/C21H14BrNO3S/c22-15-8-10-16(11-9-15)23-20(24)18(14-5-2-1-3-6-14)19(21(23)25)27-13-17-7-4-12-26-17/h1-12H,13H2. The average Bonchev–Trinajstić information content (AvgIpc) is 3.28. The highest BCUT2D eigenvalue weighted by Crippen LogP contribution is 2.39. The molecule has 0 unspecified atom stereocenters. The van der Waals surface area contributed by atoms with E-state index >= 15 is 0 Å². The molecule has 0 fully saturated rings. The number of imide groups is 1. The van der Waals surface area contributed by atoms with Gasteiger partial charge in [-0.1, -0.05) is 46.3 Å². The van der Waals surface area contributed by atoms with Crippen molar-refractivity contribution in [2.24, 2.45) is 0 Å². The molecule has 0 radical (unpaired) electrons. The Kier molecular flexibility index (Phi) is 5.01. The lowest BCUT2D eigenvalue weighted by Gasteiger charge is -2.15. The average molecular weight is 440 g/mol. The Labute approximate surface area is 169 Å². The number of benzene rings is 2. The molecular formula is C21H14BrNO3S. The highest BCUT2D eigenvalue weighted by molar-refractivity contribution is 9.10. The fourth-order valence-electron chi connectivity index (χ4n) is 2.87. The third kappa shape index (κ3) is 3.50. The second-order valence-corrected chi connectivity index (χ2v) is 7.76. The van der Waals surface area contributed by atoms with Gasteiger partial charge in [0, 0.05) is 4.47 Å². The predicted octanol–water partition coefficient (Wildman–Crippen LogP) is 5.26. The van der Waals surface area contributed by atoms with Crippen molar-refractivity contribution < 1.29 is 14.0 Å². The predicted molar refractivity (Wildman–Crippen MR) is 110 cm³/mol. The molecule has 0 bridgehead atoms. The number of amides is 2. The number of anilines is 1. The van der Waals surface area contributed by atoms with E-state index in [1.807, 2.05) is 48.5 Å². The van der Waals surface area contributed by atoms with Gasteiger partial charge < -0.3 is 4.42 Å². The van der Waals surface area contributed by atoms with Crippen LogP contribution in [0.1, 0.15) is 11.3 Å². The van der Waals surface area contributed by atoms with Crippen LogP contribution in [0, 0.1) is 0 Å². The van der Waals surface area contributed by atoms with Crippen LogP contribution in [-0.2, 0) is 15.3 Å². The van der Waals surface area contributed by atoms with E-state index in [1.54, 1.807) is 24.5 Å². The zero-order chi connectivity index (χ0) is 18.8. The van der Waals surface area contributed by atoms with Gasteiger partial charge in [-0.25, -0.2) is 4.90 Å². The summed E-state index contributed by atoms with van der Waals surface area (Å²) in [4.78, 5) is 28.0. The Morgan fingerprint density at radius 1 is 0.889 bits per heavy atom. The molecule has 0 N–H and O–H groups in total. The summed E-state index contributed by atoms with van der Waals surface area (Å²) in [6, 6.07) is 20.1. The molecule has 1 aliphatic rings. The van der Waals surface area contributed by atoms with Crippen molar-refractivity contribution in [2.45, 2.75) is 5.75 Å². The minimum absolute atomic E-state index is 0.308. The van der Waals surface area contributed by atoms with E-state index in [1.165, 1.54) is 16.7 Å². The largest absolute Gasteiger partial charge is 0.468 e. The van der Waals surface area contributed by atoms with E-state index < -0.39 is 0 Å². The summed E-state index contributed by atoms with van der Waals surface area (Å²) in [5, 5.41) is 0. The first-order valence-electron chi connectivity index (χ1n) is 8.24. The van der Waals surface area contributed by atoms with Crippen LogP contribution in [0.2, 0.25) is 0 Å². The molecule has 4 nitrogen and oxygen atoms in total. The van der Waals surface area contributed by atoms with Crippen molar-refractivity contribution >= 4 is 50.8 Å². The second kappa shape index (κ2) is 7.58. The Morgan fingerprint density at radius 3 is 2.30 bits per heavy atom. The van der Waals surface area contributed by atoms with Crippen LogP contribution in [0.5, 0.6) is 0 Å². The van der Waals surface area contributed by atoms with Crippen molar-refractivity contribution in [2.75, 3.05) is 4.90 Å². The van der Waals surface area contributed by atoms with Crippen LogP contribution in [0.15, 0.2) is 86.8 Å². The maximum atomic E-state index is 13.2. The number of furan rings is 1. The van der Waals surface area contributed by atoms with Crippen molar-refractivity contribution in [3.63, 3.8) is 0 Å². The summed E-state index contributed by atoms with van der Waals surface area (Å²) in [5.74, 6) is 0.613. The third-order valence-electron chi connectivity index (χ3n) is 4.13. The highest BCUT2D eigenvalue weighted by Gasteiger charge is 2.40. The van der Waals surface area contributed by atoms with Gasteiger partial charge in [-0.15, -0.1) is 11.8 Å². The molecule has 0 saturated heterocycles. The SMILES string of the molecule is O=C1C(SCc2ccco2)=C(c2ccccc2)C(=O)N1c1ccc(Br)cc1. The Balaban J connectivity index is 1.74. The number of carbonyl (C=O) groups excluding carboxylic acids is 2. The second-order valence-electron chi connectivity index (χ2n) is 5.86. The lowest BCUT2D eigenvalue weighted by Crippen LogP contribution is -2.31. The molecule has 1 aliphatic heterocycles. The van der Waals surface area contributed by atoms with E-state index in [0.29, 0.717) is 21.9 Å². The minimum atomic E-state index is -0.310. The summed E-state index contributed by atoms with van der Waals surface area (Å²) in [7, 11) is 0. The molecule has 2 amide bonds. The van der Waals surface area contributed by atoms with Gasteiger partial charge in [0.05, 0.1) is 28.2 Å². The minimum Gasteiger partial charge on any atom is -0.468 e. The number of carbonyl (C=O) groups is 2. The Bertz CT molecular complexity index is 1010. The van der Waals surface area contributed by atoms with Crippen LogP contribution in [0.3, 0.4) is 0 Å². The van der Waals surface area contributed by atoms with Crippen molar-refractivity contribution in [3.05, 3.63) is 93.7 Å². The van der Waals surface area contributed by atoms with Crippen molar-refractivity contribution in [1.29, 1.82) is 0 Å². The molecule has 0 atom stereocenters. The molecule has 3 aromatic rings. The zero-order valence-electron chi connectivity index (χ0n) is 14.1. The number of hydrogen-bond donors (Lipinski definition) is 0. The van der Waals surface area contributed by atoms with Gasteiger partial charge in [0.15, 0.2) is 0 Å². The van der Waals surface area contributed by atoms with Crippen LogP contribution >= 0.6 is 27.7 Å². The molecule has 2 heterocycles. The topological polar surface area (TPSA) is 50.5 Å². The van der Waals surface area contributed by atoms with Crippen molar-refractivity contribution in [1.82, 2.24) is 0 Å². The molecule has 0 saturated carbocycles. The van der Waals surface area contributed by atoms with E-state index in [4.69, 9.17) is 4.42 Å². The summed E-state index contributed by atoms with van der Waals surface area (Å²) in [6.07, 6.45) is 1.60. The normalized spacial score (nSPS) is 14.3. The molecule has 27 heavy (non-hydrogen) atoms. The lowest BCUT2D eigenvalue weighted by molar-refractivity contribution is -0.119. The quantitative estimate of drug-likeness (QED) is 0.508. The molecule has 2 aromatic carbocycles. The summed E-state index contributed by atoms with van der Waals surface area (Å²) < 4.78 is 6.25. The highest BCUT2D eigenvalue weighted by atomic mass is 79.9. The van der Waals surface area contributed by atoms with Gasteiger partial charge in [0.1, 0.15) is 5.76 Å². The molecule has 6 heteroatoms. The van der Waals surface area contributed by atoms with E-state index in [2.05, 4.69) is 15.9 Å². The number of nitrogens with zero attached hydrogens (tertiary/aromatic N) is 1. The smallest absolute Gasteiger partial charge is 0.272 e. The van der Waals surface area contributed by atoms with Gasteiger partial charge >= 0.3 is 0 Å². The molecule has 0 spiro atoms. The Morgan fingerprint density at radius 2 is 1.63 bits per heavy atom. The van der Waals surface area contributed by atoms with Crippen molar-refractivity contribution in [3.8, 4) is 0 Å². The first-order valence-corrected chi connectivity index (χ1v) is 10.0. The number of rotatable bonds is 5. The van der Waals surface area contributed by atoms with E-state index in [9.17, 15) is 9.59 Å². The summed E-state index contributed by atoms with van der Waals surface area (Å²) in [5.41, 5.74) is 1.72. The van der Waals surface area contributed by atoms with Crippen LogP contribution in [0.25, 0.3) is 5.57 Å². The van der Waals surface area contributed by atoms with Crippen LogP contribution < -0.4 is 4.90 Å². The van der Waals surface area contributed by atoms with Crippen LogP contribution in [0.4, 0.5) is 5.69 Å². The maximum absolute atomic E-state index is 13.2. The summed E-state index contributed by atoms with van der Waals surface area (Å²) in [6.45, 7) is 0. The lowest BCUT2D eigenvalue weighted by atomic mass is 10.1. The van der Waals surface area contributed by atoms with Gasteiger partial charge in [-0.3, -0.25) is 9.59 Å². The van der Waals surface area contributed by atoms with Gasteiger partial charge in [0.2, 0.25) is 0 Å². The fraction of sp³-hybridized carbons (Fsp3) is 0.0476. The van der Waals surface area contributed by atoms with Gasteiger partial charge in [-0.05, 0) is 42.0 Å². The number of hydrogen-bond acceptors (Lipinski definition) is 4. The molecule has 1 aromatic heterocycles. The zero-order valence-corrected chi connectivity index (χ0v) is 16.5. The molecule has 0 aliphatic carbocycles. The van der Waals surface area contributed by atoms with Gasteiger partial charge in [-0.2, -0.15) is 0 Å². The summed E-state index contributed by atoms with van der Waals surface area (Å²) >= 11 is 4.70. The molecule has 134 valence electrons. The Hall–Kier alpha value is -2.57. The molecule has 4 rings (SSSR count). The van der Waals surface area contributed by atoms with Crippen LogP contribution in [-0.4, -0.2) is 11.8 Å². The van der Waals surface area contributed by atoms with Gasteiger partial charge in [0.25, 0.3) is 11.8 Å². The van der Waals surface area contributed by atoms with E-state index in [-0.39, 0.29) is 11.8 Å². The molecular weight excluding hydrogens is 426 g/mol.